The summed E-state index contributed by atoms with van der Waals surface area (Å²) in [5.41, 5.74) is 1.17. The molecule has 0 unspecified atom stereocenters. The van der Waals surface area contributed by atoms with Crippen LogP contribution in [0.2, 0.25) is 0 Å². The minimum Gasteiger partial charge on any atom is -0.295 e. The molecule has 1 heterocycles. The molecule has 0 aliphatic heterocycles. The average Bonchev–Trinajstić information content (AvgIpc) is 2.72. The van der Waals surface area contributed by atoms with Gasteiger partial charge in [-0.3, -0.25) is 9.58 Å². The number of nitrogens with zero attached hydrogens (tertiary/aromatic N) is 3. The van der Waals surface area contributed by atoms with Gasteiger partial charge in [0.2, 0.25) is 0 Å². The summed E-state index contributed by atoms with van der Waals surface area (Å²) in [5, 5.41) is 5.67. The lowest BCUT2D eigenvalue weighted by atomic mass is 10.2. The number of aromatic nitrogens is 2. The summed E-state index contributed by atoms with van der Waals surface area (Å²) >= 11 is 3.49. The molecule has 0 aliphatic carbocycles. The zero-order valence-electron chi connectivity index (χ0n) is 11.4. The Hall–Kier alpha value is -0.350. The molecule has 98 valence electrons. The van der Waals surface area contributed by atoms with E-state index in [1.807, 2.05) is 4.68 Å². The number of hydrogen-bond acceptors (Lipinski definition) is 2. The number of hydrogen-bond donors (Lipinski definition) is 0. The largest absolute Gasteiger partial charge is 0.295 e. The van der Waals surface area contributed by atoms with Crippen LogP contribution >= 0.6 is 15.9 Å². The maximum absolute atomic E-state index is 4.60. The Morgan fingerprint density at radius 3 is 2.53 bits per heavy atom. The average molecular weight is 302 g/mol. The van der Waals surface area contributed by atoms with Crippen LogP contribution in [0.3, 0.4) is 0 Å². The molecule has 0 saturated carbocycles. The Labute approximate surface area is 113 Å². The topological polar surface area (TPSA) is 21.1 Å². The Morgan fingerprint density at radius 2 is 2.06 bits per heavy atom. The molecule has 0 aliphatic rings. The SMILES string of the molecule is CC(C)N(CCCBr)Cc1ccn(C(C)C)n1. The standard InChI is InChI=1S/C13H24BrN3/c1-11(2)16(8-5-7-14)10-13-6-9-17(15-13)12(3)4/h6,9,11-12H,5,7-8,10H2,1-4H3. The maximum Gasteiger partial charge on any atom is 0.0764 e. The van der Waals surface area contributed by atoms with Gasteiger partial charge in [0.05, 0.1) is 5.69 Å². The summed E-state index contributed by atoms with van der Waals surface area (Å²) in [6.07, 6.45) is 3.26. The first-order chi connectivity index (χ1) is 8.04. The summed E-state index contributed by atoms with van der Waals surface area (Å²) in [7, 11) is 0. The molecular weight excluding hydrogens is 278 g/mol. The quantitative estimate of drug-likeness (QED) is 0.719. The molecule has 0 bridgehead atoms. The third-order valence-corrected chi connectivity index (χ3v) is 3.43. The van der Waals surface area contributed by atoms with E-state index in [2.05, 4.69) is 65.9 Å². The van der Waals surface area contributed by atoms with Crippen LogP contribution < -0.4 is 0 Å². The Kier molecular flexibility index (Phi) is 6.20. The third-order valence-electron chi connectivity index (χ3n) is 2.87. The van der Waals surface area contributed by atoms with Gasteiger partial charge in [0.25, 0.3) is 0 Å². The molecule has 0 spiro atoms. The first-order valence-electron chi connectivity index (χ1n) is 6.38. The lowest BCUT2D eigenvalue weighted by Gasteiger charge is -2.25. The fourth-order valence-corrected chi connectivity index (χ4v) is 1.99. The van der Waals surface area contributed by atoms with E-state index in [1.54, 1.807) is 0 Å². The fraction of sp³-hybridized carbons (Fsp3) is 0.769. The van der Waals surface area contributed by atoms with Crippen molar-refractivity contribution in [2.24, 2.45) is 0 Å². The van der Waals surface area contributed by atoms with Gasteiger partial charge in [-0.25, -0.2) is 0 Å². The van der Waals surface area contributed by atoms with Crippen molar-refractivity contribution >= 4 is 15.9 Å². The van der Waals surface area contributed by atoms with Crippen molar-refractivity contribution < 1.29 is 0 Å². The van der Waals surface area contributed by atoms with E-state index in [0.29, 0.717) is 12.1 Å². The molecular formula is C13H24BrN3. The highest BCUT2D eigenvalue weighted by Gasteiger charge is 2.11. The lowest BCUT2D eigenvalue weighted by Crippen LogP contribution is -2.31. The van der Waals surface area contributed by atoms with Gasteiger partial charge in [0.15, 0.2) is 0 Å². The second-order valence-corrected chi connectivity index (χ2v) is 5.78. The van der Waals surface area contributed by atoms with E-state index in [1.165, 1.54) is 12.1 Å². The van der Waals surface area contributed by atoms with Gasteiger partial charge in [-0.1, -0.05) is 15.9 Å². The van der Waals surface area contributed by atoms with Gasteiger partial charge in [0.1, 0.15) is 0 Å². The van der Waals surface area contributed by atoms with Gasteiger partial charge < -0.3 is 0 Å². The molecule has 0 amide bonds. The molecule has 17 heavy (non-hydrogen) atoms. The van der Waals surface area contributed by atoms with E-state index < -0.39 is 0 Å². The normalized spacial score (nSPS) is 12.0. The third kappa shape index (κ3) is 4.80. The van der Waals surface area contributed by atoms with Crippen LogP contribution in [0.25, 0.3) is 0 Å². The summed E-state index contributed by atoms with van der Waals surface area (Å²) < 4.78 is 2.03. The number of rotatable bonds is 7. The molecule has 0 fully saturated rings. The van der Waals surface area contributed by atoms with Crippen molar-refractivity contribution in [3.8, 4) is 0 Å². The Bertz CT molecular complexity index is 320. The highest BCUT2D eigenvalue weighted by Crippen LogP contribution is 2.10. The van der Waals surface area contributed by atoms with Gasteiger partial charge in [0, 0.05) is 30.2 Å². The monoisotopic (exact) mass is 301 g/mol. The van der Waals surface area contributed by atoms with E-state index in [0.717, 1.165) is 18.4 Å². The molecule has 0 atom stereocenters. The summed E-state index contributed by atoms with van der Waals surface area (Å²) in [6.45, 7) is 10.9. The zero-order valence-corrected chi connectivity index (χ0v) is 12.9. The van der Waals surface area contributed by atoms with E-state index in [9.17, 15) is 0 Å². The van der Waals surface area contributed by atoms with Gasteiger partial charge >= 0.3 is 0 Å². The summed E-state index contributed by atoms with van der Waals surface area (Å²) in [6, 6.07) is 3.14. The minimum absolute atomic E-state index is 0.443. The van der Waals surface area contributed by atoms with Crippen molar-refractivity contribution in [3.63, 3.8) is 0 Å². The molecule has 0 saturated heterocycles. The van der Waals surface area contributed by atoms with Crippen molar-refractivity contribution in [3.05, 3.63) is 18.0 Å². The highest BCUT2D eigenvalue weighted by molar-refractivity contribution is 9.09. The van der Waals surface area contributed by atoms with Crippen LogP contribution in [0, 0.1) is 0 Å². The smallest absolute Gasteiger partial charge is 0.0764 e. The predicted octanol–water partition coefficient (Wildman–Crippen LogP) is 3.46. The fourth-order valence-electron chi connectivity index (χ4n) is 1.74. The summed E-state index contributed by atoms with van der Waals surface area (Å²) in [4.78, 5) is 2.47. The minimum atomic E-state index is 0.443. The van der Waals surface area contributed by atoms with Crippen molar-refractivity contribution in [2.75, 3.05) is 11.9 Å². The van der Waals surface area contributed by atoms with E-state index >= 15 is 0 Å². The Balaban J connectivity index is 2.58. The van der Waals surface area contributed by atoms with E-state index in [4.69, 9.17) is 0 Å². The Morgan fingerprint density at radius 1 is 1.35 bits per heavy atom. The van der Waals surface area contributed by atoms with Gasteiger partial charge in [-0.05, 0) is 46.7 Å². The van der Waals surface area contributed by atoms with E-state index in [-0.39, 0.29) is 0 Å². The van der Waals surface area contributed by atoms with Crippen LogP contribution in [-0.2, 0) is 6.54 Å². The van der Waals surface area contributed by atoms with Crippen LogP contribution in [0.5, 0.6) is 0 Å². The maximum atomic E-state index is 4.60. The highest BCUT2D eigenvalue weighted by atomic mass is 79.9. The van der Waals surface area contributed by atoms with Gasteiger partial charge in [-0.15, -0.1) is 0 Å². The predicted molar refractivity (Wildman–Crippen MR) is 76.6 cm³/mol. The van der Waals surface area contributed by atoms with Crippen LogP contribution in [0.15, 0.2) is 12.3 Å². The summed E-state index contributed by atoms with van der Waals surface area (Å²) in [5.74, 6) is 0. The molecule has 0 N–H and O–H groups in total. The zero-order chi connectivity index (χ0) is 12.8. The van der Waals surface area contributed by atoms with Crippen molar-refractivity contribution in [1.29, 1.82) is 0 Å². The number of alkyl halides is 1. The van der Waals surface area contributed by atoms with Gasteiger partial charge in [-0.2, -0.15) is 5.10 Å². The number of halogens is 1. The van der Waals surface area contributed by atoms with Crippen LogP contribution in [-0.4, -0.2) is 32.6 Å². The lowest BCUT2D eigenvalue weighted by molar-refractivity contribution is 0.210. The van der Waals surface area contributed by atoms with Crippen LogP contribution in [0.1, 0.15) is 45.9 Å². The molecule has 0 radical (unpaired) electrons. The molecule has 1 aromatic rings. The first-order valence-corrected chi connectivity index (χ1v) is 7.50. The molecule has 4 heteroatoms. The second kappa shape index (κ2) is 7.17. The van der Waals surface area contributed by atoms with Crippen molar-refractivity contribution in [2.45, 2.75) is 52.7 Å². The molecule has 0 aromatic carbocycles. The molecule has 3 nitrogen and oxygen atoms in total. The molecule has 1 aromatic heterocycles. The van der Waals surface area contributed by atoms with Crippen molar-refractivity contribution in [1.82, 2.24) is 14.7 Å². The first kappa shape index (κ1) is 14.7. The second-order valence-electron chi connectivity index (χ2n) is 4.99. The van der Waals surface area contributed by atoms with Crippen LogP contribution in [0.4, 0.5) is 0 Å². The molecule has 1 rings (SSSR count).